The van der Waals surface area contributed by atoms with Gasteiger partial charge in [-0.05, 0) is 109 Å². The van der Waals surface area contributed by atoms with Gasteiger partial charge >= 0.3 is 17.9 Å². The first-order valence-electron chi connectivity index (χ1n) is 31.0. The van der Waals surface area contributed by atoms with E-state index >= 15 is 0 Å². The van der Waals surface area contributed by atoms with Crippen LogP contribution in [0.1, 0.15) is 278 Å². The summed E-state index contributed by atoms with van der Waals surface area (Å²) in [5.41, 5.74) is 0. The molecule has 0 bridgehead atoms. The van der Waals surface area contributed by atoms with Gasteiger partial charge in [0.25, 0.3) is 0 Å². The zero-order chi connectivity index (χ0) is 54.3. The Hall–Kier alpha value is -4.19. The normalized spacial score (nSPS) is 12.9. The van der Waals surface area contributed by atoms with E-state index in [2.05, 4.69) is 142 Å². The molecule has 1 unspecified atom stereocenters. The molecule has 0 aliphatic carbocycles. The van der Waals surface area contributed by atoms with Crippen molar-refractivity contribution in [3.05, 3.63) is 122 Å². The predicted octanol–water partition coefficient (Wildman–Crippen LogP) is 21.2. The van der Waals surface area contributed by atoms with Crippen LogP contribution in [-0.4, -0.2) is 37.2 Å². The van der Waals surface area contributed by atoms with E-state index in [9.17, 15) is 14.4 Å². The van der Waals surface area contributed by atoms with Crippen molar-refractivity contribution < 1.29 is 28.6 Å². The Morgan fingerprint density at radius 1 is 0.280 bits per heavy atom. The number of ether oxygens (including phenoxy) is 3. The maximum absolute atomic E-state index is 12.8. The Morgan fingerprint density at radius 3 is 0.813 bits per heavy atom. The largest absolute Gasteiger partial charge is 0.462 e. The molecule has 75 heavy (non-hydrogen) atoms. The minimum atomic E-state index is -0.788. The zero-order valence-corrected chi connectivity index (χ0v) is 48.8. The highest BCUT2D eigenvalue weighted by atomic mass is 16.6. The molecule has 6 nitrogen and oxygen atoms in total. The van der Waals surface area contributed by atoms with Crippen LogP contribution in [0, 0.1) is 0 Å². The van der Waals surface area contributed by atoms with Gasteiger partial charge in [-0.25, -0.2) is 0 Å². The van der Waals surface area contributed by atoms with Crippen LogP contribution in [-0.2, 0) is 28.6 Å². The second-order valence-electron chi connectivity index (χ2n) is 20.2. The van der Waals surface area contributed by atoms with Gasteiger partial charge in [0.2, 0.25) is 0 Å². The van der Waals surface area contributed by atoms with E-state index in [1.165, 1.54) is 96.3 Å². The minimum Gasteiger partial charge on any atom is -0.462 e. The fourth-order valence-corrected chi connectivity index (χ4v) is 8.38. The van der Waals surface area contributed by atoms with Crippen LogP contribution >= 0.6 is 0 Å². The zero-order valence-electron chi connectivity index (χ0n) is 48.8. The van der Waals surface area contributed by atoms with Gasteiger partial charge in [-0.3, -0.25) is 14.4 Å². The molecule has 426 valence electrons. The van der Waals surface area contributed by atoms with Crippen molar-refractivity contribution in [2.45, 2.75) is 284 Å². The molecule has 0 saturated heterocycles. The van der Waals surface area contributed by atoms with Crippen LogP contribution in [0.4, 0.5) is 0 Å². The summed E-state index contributed by atoms with van der Waals surface area (Å²) in [6.07, 6.45) is 86.5. The molecule has 0 spiro atoms. The second-order valence-corrected chi connectivity index (χ2v) is 20.2. The molecule has 0 fully saturated rings. The molecule has 0 heterocycles. The van der Waals surface area contributed by atoms with Gasteiger partial charge in [-0.15, -0.1) is 0 Å². The third kappa shape index (κ3) is 60.6. The Balaban J connectivity index is 4.16. The van der Waals surface area contributed by atoms with Gasteiger partial charge in [0.1, 0.15) is 13.2 Å². The third-order valence-electron chi connectivity index (χ3n) is 13.0. The van der Waals surface area contributed by atoms with Gasteiger partial charge in [-0.2, -0.15) is 0 Å². The highest BCUT2D eigenvalue weighted by molar-refractivity contribution is 5.71. The third-order valence-corrected chi connectivity index (χ3v) is 13.0. The Bertz CT molecular complexity index is 1570. The summed E-state index contributed by atoms with van der Waals surface area (Å²) in [5.74, 6) is -0.906. The number of hydrogen-bond acceptors (Lipinski definition) is 6. The lowest BCUT2D eigenvalue weighted by atomic mass is 10.0. The number of unbranched alkanes of at least 4 members (excludes halogenated alkanes) is 24. The van der Waals surface area contributed by atoms with Crippen molar-refractivity contribution in [2.75, 3.05) is 13.2 Å². The smallest absolute Gasteiger partial charge is 0.306 e. The number of carbonyl (C=O) groups is 3. The summed E-state index contributed by atoms with van der Waals surface area (Å²) in [5, 5.41) is 0. The minimum absolute atomic E-state index is 0.0852. The van der Waals surface area contributed by atoms with E-state index in [1.54, 1.807) is 0 Å². The SMILES string of the molecule is CC/C=C\C/C=C\C/C=C\C/C=C\C/C=C\C/C=C\C/C=C\CCCCCCCCCCCCCC(=O)OCC(COC(=O)CCCCCCCCCCC)OC(=O)CCCCCCC/C=C\C/C=C\C/C=C\CC. The Labute approximate surface area is 462 Å². The van der Waals surface area contributed by atoms with E-state index in [1.807, 2.05) is 0 Å². The quantitative estimate of drug-likeness (QED) is 0.0261. The van der Waals surface area contributed by atoms with E-state index in [4.69, 9.17) is 14.2 Å². The second kappa shape index (κ2) is 62.4. The fourth-order valence-electron chi connectivity index (χ4n) is 8.38. The van der Waals surface area contributed by atoms with Crippen LogP contribution in [0.5, 0.6) is 0 Å². The van der Waals surface area contributed by atoms with E-state index in [-0.39, 0.29) is 31.1 Å². The highest BCUT2D eigenvalue weighted by Crippen LogP contribution is 2.15. The molecule has 6 heteroatoms. The van der Waals surface area contributed by atoms with Crippen LogP contribution in [0.15, 0.2) is 122 Å². The molecule has 0 aromatic rings. The lowest BCUT2D eigenvalue weighted by Crippen LogP contribution is -2.30. The Morgan fingerprint density at radius 2 is 0.520 bits per heavy atom. The summed E-state index contributed by atoms with van der Waals surface area (Å²) >= 11 is 0. The molecular formula is C69H114O6. The maximum atomic E-state index is 12.8. The summed E-state index contributed by atoms with van der Waals surface area (Å²) in [4.78, 5) is 38.1. The molecule has 0 aromatic carbocycles. The molecule has 0 aromatic heterocycles. The van der Waals surface area contributed by atoms with Crippen LogP contribution < -0.4 is 0 Å². The van der Waals surface area contributed by atoms with E-state index < -0.39 is 6.10 Å². The topological polar surface area (TPSA) is 78.9 Å². The number of esters is 3. The molecule has 0 aliphatic heterocycles. The van der Waals surface area contributed by atoms with Crippen LogP contribution in [0.2, 0.25) is 0 Å². The molecule has 0 radical (unpaired) electrons. The van der Waals surface area contributed by atoms with Crippen molar-refractivity contribution >= 4 is 17.9 Å². The van der Waals surface area contributed by atoms with Crippen LogP contribution in [0.3, 0.4) is 0 Å². The van der Waals surface area contributed by atoms with Crippen LogP contribution in [0.25, 0.3) is 0 Å². The first-order valence-corrected chi connectivity index (χ1v) is 31.0. The average molecular weight is 1040 g/mol. The fraction of sp³-hybridized carbons (Fsp3) is 0.667. The summed E-state index contributed by atoms with van der Waals surface area (Å²) in [7, 11) is 0. The number of hydrogen-bond donors (Lipinski definition) is 0. The number of carbonyl (C=O) groups excluding carboxylic acids is 3. The van der Waals surface area contributed by atoms with E-state index in [0.29, 0.717) is 19.3 Å². The average Bonchev–Trinajstić information content (AvgIpc) is 3.41. The molecule has 0 saturated carbocycles. The maximum Gasteiger partial charge on any atom is 0.306 e. The summed E-state index contributed by atoms with van der Waals surface area (Å²) < 4.78 is 16.8. The Kier molecular flexibility index (Phi) is 58.9. The lowest BCUT2D eigenvalue weighted by molar-refractivity contribution is -0.167. The number of allylic oxidation sites excluding steroid dienone is 20. The first-order chi connectivity index (χ1) is 37.0. The van der Waals surface area contributed by atoms with Gasteiger partial charge in [0, 0.05) is 19.3 Å². The van der Waals surface area contributed by atoms with Gasteiger partial charge in [0.05, 0.1) is 0 Å². The number of rotatable bonds is 55. The van der Waals surface area contributed by atoms with Gasteiger partial charge in [0.15, 0.2) is 6.10 Å². The molecule has 0 amide bonds. The molecule has 0 rings (SSSR count). The monoisotopic (exact) mass is 1040 g/mol. The molecular weight excluding hydrogens is 925 g/mol. The van der Waals surface area contributed by atoms with Crippen molar-refractivity contribution in [3.8, 4) is 0 Å². The van der Waals surface area contributed by atoms with Crippen molar-refractivity contribution in [1.82, 2.24) is 0 Å². The summed E-state index contributed by atoms with van der Waals surface area (Å²) in [6.45, 7) is 6.38. The predicted molar refractivity (Wildman–Crippen MR) is 325 cm³/mol. The van der Waals surface area contributed by atoms with Crippen molar-refractivity contribution in [2.24, 2.45) is 0 Å². The lowest BCUT2D eigenvalue weighted by Gasteiger charge is -2.18. The van der Waals surface area contributed by atoms with Crippen molar-refractivity contribution in [1.29, 1.82) is 0 Å². The van der Waals surface area contributed by atoms with Gasteiger partial charge < -0.3 is 14.2 Å². The standard InChI is InChI=1S/C69H114O6/c1-4-7-10-13-16-19-21-23-25-26-27-28-29-30-31-32-33-34-35-36-37-38-39-40-41-42-44-45-47-50-53-56-59-62-68(71)74-65-66(64-73-67(70)61-58-55-52-49-18-15-12-9-6-3)75-69(72)63-60-57-54-51-48-46-43-24-22-20-17-14-11-8-5-2/h7-8,10-11,16-17,19-20,23-25,27-28,30-31,33-34,36-37,43,66H,4-6,9,12-15,18,21-22,26,29,32,35,38-42,44-65H2,1-3H3/b10-7-,11-8-,19-16-,20-17-,25-23-,28-27-,31-30-,34-33-,37-36-,43-24-. The van der Waals surface area contributed by atoms with E-state index in [0.717, 1.165) is 141 Å². The molecule has 0 N–H and O–H groups in total. The first kappa shape index (κ1) is 70.8. The van der Waals surface area contributed by atoms with Crippen molar-refractivity contribution in [3.63, 3.8) is 0 Å². The highest BCUT2D eigenvalue weighted by Gasteiger charge is 2.19. The summed E-state index contributed by atoms with van der Waals surface area (Å²) in [6, 6.07) is 0. The molecule has 1 atom stereocenters. The van der Waals surface area contributed by atoms with Gasteiger partial charge in [-0.1, -0.05) is 271 Å². The molecule has 0 aliphatic rings.